The molecule has 0 amide bonds. The van der Waals surface area contributed by atoms with Crippen LogP contribution in [-0.4, -0.2) is 29.8 Å². The summed E-state index contributed by atoms with van der Waals surface area (Å²) in [6.45, 7) is 2.18. The van der Waals surface area contributed by atoms with E-state index in [9.17, 15) is 4.79 Å². The zero-order chi connectivity index (χ0) is 16.5. The molecule has 124 valence electrons. The molecule has 1 aliphatic heterocycles. The van der Waals surface area contributed by atoms with Crippen molar-refractivity contribution in [2.75, 3.05) is 19.8 Å². The van der Waals surface area contributed by atoms with Gasteiger partial charge in [0.05, 0.1) is 29.3 Å². The van der Waals surface area contributed by atoms with E-state index in [0.29, 0.717) is 23.1 Å². The molecule has 2 aromatic carbocycles. The fraction of sp³-hybridized carbons (Fsp3) is 0.278. The third kappa shape index (κ3) is 2.92. The van der Waals surface area contributed by atoms with Crippen LogP contribution in [-0.2, 0) is 4.74 Å². The van der Waals surface area contributed by atoms with E-state index in [1.54, 1.807) is 6.07 Å². The molecular weight excluding hydrogens is 328 g/mol. The van der Waals surface area contributed by atoms with Crippen LogP contribution in [0.1, 0.15) is 6.42 Å². The summed E-state index contributed by atoms with van der Waals surface area (Å²) in [5, 5.41) is 0.568. The Balaban J connectivity index is 1.70. The van der Waals surface area contributed by atoms with Crippen molar-refractivity contribution >= 4 is 22.6 Å². The number of hydrogen-bond donors (Lipinski definition) is 2. The van der Waals surface area contributed by atoms with E-state index < -0.39 is 0 Å². The van der Waals surface area contributed by atoms with Gasteiger partial charge in [-0.25, -0.2) is 4.79 Å². The Hall–Kier alpha value is -2.24. The van der Waals surface area contributed by atoms with Crippen LogP contribution in [0, 0.1) is 5.92 Å². The van der Waals surface area contributed by atoms with E-state index in [2.05, 4.69) is 9.97 Å². The summed E-state index contributed by atoms with van der Waals surface area (Å²) in [7, 11) is 0. The SMILES string of the molecule is O=c1[nH]c2cc(Cl)c(-c3ccccc3OCC3CCOC3)cc2[nH]1. The van der Waals surface area contributed by atoms with Gasteiger partial charge in [-0.15, -0.1) is 0 Å². The minimum atomic E-state index is -0.246. The minimum Gasteiger partial charge on any atom is -0.493 e. The molecule has 1 atom stereocenters. The largest absolute Gasteiger partial charge is 0.493 e. The van der Waals surface area contributed by atoms with Gasteiger partial charge in [-0.1, -0.05) is 29.8 Å². The average molecular weight is 345 g/mol. The van der Waals surface area contributed by atoms with Crippen LogP contribution in [0.2, 0.25) is 5.02 Å². The molecule has 0 bridgehead atoms. The third-order valence-corrected chi connectivity index (χ3v) is 4.59. The number of H-pyrrole nitrogens is 2. The molecule has 1 aromatic heterocycles. The first kappa shape index (κ1) is 15.3. The van der Waals surface area contributed by atoms with E-state index in [1.807, 2.05) is 30.3 Å². The van der Waals surface area contributed by atoms with Gasteiger partial charge in [-0.05, 0) is 24.6 Å². The van der Waals surface area contributed by atoms with Gasteiger partial charge in [0.2, 0.25) is 0 Å². The van der Waals surface area contributed by atoms with Crippen molar-refractivity contribution in [3.8, 4) is 16.9 Å². The normalized spacial score (nSPS) is 17.5. The molecule has 3 aromatic rings. The maximum absolute atomic E-state index is 11.5. The maximum Gasteiger partial charge on any atom is 0.323 e. The highest BCUT2D eigenvalue weighted by atomic mass is 35.5. The molecule has 6 heteroatoms. The van der Waals surface area contributed by atoms with Crippen molar-refractivity contribution in [2.24, 2.45) is 5.92 Å². The second kappa shape index (κ2) is 6.34. The van der Waals surface area contributed by atoms with E-state index in [0.717, 1.165) is 42.0 Å². The molecule has 0 saturated carbocycles. The van der Waals surface area contributed by atoms with Crippen LogP contribution >= 0.6 is 11.6 Å². The van der Waals surface area contributed by atoms with Crippen LogP contribution in [0.15, 0.2) is 41.2 Å². The van der Waals surface area contributed by atoms with E-state index in [4.69, 9.17) is 21.1 Å². The summed E-state index contributed by atoms with van der Waals surface area (Å²) in [5.74, 6) is 1.21. The van der Waals surface area contributed by atoms with Gasteiger partial charge in [0.25, 0.3) is 0 Å². The summed E-state index contributed by atoms with van der Waals surface area (Å²) in [4.78, 5) is 17.0. The van der Waals surface area contributed by atoms with Gasteiger partial charge >= 0.3 is 5.69 Å². The number of ether oxygens (including phenoxy) is 2. The topological polar surface area (TPSA) is 67.1 Å². The molecule has 0 aliphatic carbocycles. The van der Waals surface area contributed by atoms with Crippen molar-refractivity contribution in [1.29, 1.82) is 0 Å². The summed E-state index contributed by atoms with van der Waals surface area (Å²) in [5.41, 5.74) is 2.90. The summed E-state index contributed by atoms with van der Waals surface area (Å²) < 4.78 is 11.4. The number of benzene rings is 2. The fourth-order valence-electron chi connectivity index (χ4n) is 3.00. The standard InChI is InChI=1S/C18H17ClN2O3/c19-14-8-16-15(20-18(22)21-16)7-13(14)12-3-1-2-4-17(12)24-10-11-5-6-23-9-11/h1-4,7-8,11H,5-6,9-10H2,(H2,20,21,22). The number of nitrogens with one attached hydrogen (secondary N) is 2. The number of para-hydroxylation sites is 1. The lowest BCUT2D eigenvalue weighted by Gasteiger charge is -2.15. The first-order chi connectivity index (χ1) is 11.7. The number of halogens is 1. The number of aromatic amines is 2. The van der Waals surface area contributed by atoms with Gasteiger partial charge in [0.15, 0.2) is 0 Å². The smallest absolute Gasteiger partial charge is 0.323 e. The second-order valence-corrected chi connectivity index (χ2v) is 6.40. The van der Waals surface area contributed by atoms with Crippen LogP contribution in [0.25, 0.3) is 22.2 Å². The molecule has 1 saturated heterocycles. The number of hydrogen-bond acceptors (Lipinski definition) is 3. The van der Waals surface area contributed by atoms with Crippen LogP contribution in [0.4, 0.5) is 0 Å². The lowest BCUT2D eigenvalue weighted by molar-refractivity contribution is 0.167. The fourth-order valence-corrected chi connectivity index (χ4v) is 3.27. The summed E-state index contributed by atoms with van der Waals surface area (Å²) in [6, 6.07) is 11.4. The van der Waals surface area contributed by atoms with Gasteiger partial charge in [-0.2, -0.15) is 0 Å². The molecule has 1 aliphatic rings. The maximum atomic E-state index is 11.5. The second-order valence-electron chi connectivity index (χ2n) is 5.99. The highest BCUT2D eigenvalue weighted by Crippen LogP contribution is 2.36. The average Bonchev–Trinajstić information content (AvgIpc) is 3.21. The van der Waals surface area contributed by atoms with Crippen molar-refractivity contribution in [3.05, 3.63) is 51.9 Å². The lowest BCUT2D eigenvalue weighted by atomic mass is 10.0. The lowest BCUT2D eigenvalue weighted by Crippen LogP contribution is -2.12. The number of rotatable bonds is 4. The molecule has 1 fully saturated rings. The van der Waals surface area contributed by atoms with Crippen molar-refractivity contribution < 1.29 is 9.47 Å². The highest BCUT2D eigenvalue weighted by molar-refractivity contribution is 6.34. The molecule has 1 unspecified atom stereocenters. The van der Waals surface area contributed by atoms with Crippen molar-refractivity contribution in [1.82, 2.24) is 9.97 Å². The van der Waals surface area contributed by atoms with E-state index in [-0.39, 0.29) is 5.69 Å². The Morgan fingerprint density at radius 3 is 2.75 bits per heavy atom. The Kier molecular flexibility index (Phi) is 4.04. The number of imidazole rings is 1. The number of fused-ring (bicyclic) bond motifs is 1. The Morgan fingerprint density at radius 1 is 1.17 bits per heavy atom. The predicted molar refractivity (Wildman–Crippen MR) is 93.8 cm³/mol. The molecule has 4 rings (SSSR count). The van der Waals surface area contributed by atoms with Crippen LogP contribution in [0.3, 0.4) is 0 Å². The molecule has 0 spiro atoms. The van der Waals surface area contributed by atoms with Crippen LogP contribution in [0.5, 0.6) is 5.75 Å². The van der Waals surface area contributed by atoms with E-state index in [1.165, 1.54) is 0 Å². The predicted octanol–water partition coefficient (Wildman–Crippen LogP) is 3.59. The zero-order valence-electron chi connectivity index (χ0n) is 13.0. The van der Waals surface area contributed by atoms with Crippen molar-refractivity contribution in [2.45, 2.75) is 6.42 Å². The Morgan fingerprint density at radius 2 is 1.96 bits per heavy atom. The highest BCUT2D eigenvalue weighted by Gasteiger charge is 2.18. The first-order valence-corrected chi connectivity index (χ1v) is 8.30. The summed E-state index contributed by atoms with van der Waals surface area (Å²) >= 11 is 6.43. The molecular formula is C18H17ClN2O3. The third-order valence-electron chi connectivity index (χ3n) is 4.28. The van der Waals surface area contributed by atoms with Gasteiger partial charge < -0.3 is 19.4 Å². The minimum absolute atomic E-state index is 0.246. The van der Waals surface area contributed by atoms with Crippen LogP contribution < -0.4 is 10.4 Å². The molecule has 2 heterocycles. The number of aromatic nitrogens is 2. The zero-order valence-corrected chi connectivity index (χ0v) is 13.7. The summed E-state index contributed by atoms with van der Waals surface area (Å²) in [6.07, 6.45) is 1.03. The Labute approximate surface area is 143 Å². The molecule has 24 heavy (non-hydrogen) atoms. The quantitative estimate of drug-likeness (QED) is 0.760. The van der Waals surface area contributed by atoms with Crippen molar-refractivity contribution in [3.63, 3.8) is 0 Å². The monoisotopic (exact) mass is 344 g/mol. The van der Waals surface area contributed by atoms with Gasteiger partial charge in [0, 0.05) is 23.7 Å². The van der Waals surface area contributed by atoms with Gasteiger partial charge in [-0.3, -0.25) is 0 Å². The van der Waals surface area contributed by atoms with E-state index >= 15 is 0 Å². The molecule has 2 N–H and O–H groups in total. The molecule has 5 nitrogen and oxygen atoms in total. The Bertz CT molecular complexity index is 925. The molecule has 0 radical (unpaired) electrons. The first-order valence-electron chi connectivity index (χ1n) is 7.92. The van der Waals surface area contributed by atoms with Gasteiger partial charge in [0.1, 0.15) is 5.75 Å².